The van der Waals surface area contributed by atoms with Crippen LogP contribution < -0.4 is 5.32 Å². The molecule has 4 aliphatic heterocycles. The lowest BCUT2D eigenvalue weighted by Crippen LogP contribution is -2.72. The Morgan fingerprint density at radius 3 is 2.73 bits per heavy atom. The molecule has 3 fully saturated rings. The normalized spacial score (nSPS) is 34.8. The highest BCUT2D eigenvalue weighted by Crippen LogP contribution is 2.49. The summed E-state index contributed by atoms with van der Waals surface area (Å²) in [7, 11) is 2.03. The van der Waals surface area contributed by atoms with Crippen LogP contribution in [0.2, 0.25) is 0 Å². The van der Waals surface area contributed by atoms with Crippen LogP contribution in [0.1, 0.15) is 51.7 Å². The Kier molecular flexibility index (Phi) is 5.79. The van der Waals surface area contributed by atoms with Gasteiger partial charge in [-0.2, -0.15) is 0 Å². The molecule has 3 amide bonds. The number of piperazine rings is 1. The van der Waals surface area contributed by atoms with E-state index in [-0.39, 0.29) is 23.8 Å². The van der Waals surface area contributed by atoms with Gasteiger partial charge in [-0.25, -0.2) is 0 Å². The zero-order valence-corrected chi connectivity index (χ0v) is 24.3. The Bertz CT molecular complexity index is 1500. The summed E-state index contributed by atoms with van der Waals surface area (Å²) in [6.07, 6.45) is 6.21. The molecular formula is C31H39N5O5. The number of rotatable bonds is 4. The molecule has 218 valence electrons. The van der Waals surface area contributed by atoms with E-state index in [1.807, 2.05) is 33.0 Å². The number of carbonyl (C=O) groups excluding carboxylic acids is 3. The fourth-order valence-electron chi connectivity index (χ4n) is 7.97. The van der Waals surface area contributed by atoms with Gasteiger partial charge in [0, 0.05) is 42.1 Å². The summed E-state index contributed by atoms with van der Waals surface area (Å²) in [4.78, 5) is 50.4. The van der Waals surface area contributed by atoms with E-state index in [0.717, 1.165) is 23.1 Å². The quantitative estimate of drug-likeness (QED) is 0.526. The molecule has 6 atom stereocenters. The minimum Gasteiger partial charge on any atom is -0.361 e. The molecule has 10 nitrogen and oxygen atoms in total. The Balaban J connectivity index is 1.25. The maximum atomic E-state index is 14.3. The van der Waals surface area contributed by atoms with E-state index >= 15 is 0 Å². The fourth-order valence-corrected chi connectivity index (χ4v) is 7.97. The van der Waals surface area contributed by atoms with Crippen LogP contribution in [0.15, 0.2) is 30.5 Å². The van der Waals surface area contributed by atoms with Crippen LogP contribution in [-0.2, 0) is 25.5 Å². The average molecular weight is 562 g/mol. The summed E-state index contributed by atoms with van der Waals surface area (Å²) in [5, 5.41) is 16.2. The number of benzene rings is 1. The Hall–Kier alpha value is -3.21. The van der Waals surface area contributed by atoms with E-state index in [0.29, 0.717) is 25.9 Å². The molecule has 7 rings (SSSR count). The topological polar surface area (TPSA) is 118 Å². The number of nitrogens with zero attached hydrogens (tertiary/aromatic N) is 3. The summed E-state index contributed by atoms with van der Waals surface area (Å²) in [5.41, 5.74) is 2.78. The Labute approximate surface area is 239 Å². The molecule has 0 bridgehead atoms. The molecule has 0 spiro atoms. The lowest BCUT2D eigenvalue weighted by atomic mass is 9.79. The standard InChI is InChI=1S/C31H39N5O5/c1-16(2)26-28(38)35-11-7-10-24(35)31(40)36(26)29(39)30(41-31,17(3)4)33-27(37)19-12-21-20-8-6-9-22-25(20)18(14-32-22)13-23(21)34(5)15-19/h6,8-9,12,14,16-17,19,23-24,26,32,40H,7,10-11,13,15H2,1-5H3,(H,33,37)/t19-,23-,24+,26+,30?,31+/m1/s1. The number of amides is 3. The van der Waals surface area contributed by atoms with Gasteiger partial charge in [-0.1, -0.05) is 45.9 Å². The van der Waals surface area contributed by atoms with Crippen molar-refractivity contribution in [3.8, 4) is 0 Å². The minimum absolute atomic E-state index is 0.150. The third kappa shape index (κ3) is 3.50. The van der Waals surface area contributed by atoms with Gasteiger partial charge >= 0.3 is 0 Å². The van der Waals surface area contributed by atoms with Gasteiger partial charge in [0.05, 0.1) is 5.92 Å². The van der Waals surface area contributed by atoms with Crippen molar-refractivity contribution in [1.82, 2.24) is 25.0 Å². The van der Waals surface area contributed by atoms with Gasteiger partial charge in [0.1, 0.15) is 12.1 Å². The number of fused-ring (bicyclic) bond motifs is 5. The molecule has 0 saturated carbocycles. The first-order valence-corrected chi connectivity index (χ1v) is 14.9. The smallest absolute Gasteiger partial charge is 0.281 e. The number of hydrogen-bond acceptors (Lipinski definition) is 6. The molecule has 1 aromatic carbocycles. The molecule has 5 aliphatic rings. The van der Waals surface area contributed by atoms with Gasteiger partial charge in [0.25, 0.3) is 11.8 Å². The number of carbonyl (C=O) groups is 3. The van der Waals surface area contributed by atoms with Crippen molar-refractivity contribution in [3.05, 3.63) is 41.6 Å². The summed E-state index contributed by atoms with van der Waals surface area (Å²) < 4.78 is 6.40. The van der Waals surface area contributed by atoms with Crippen LogP contribution in [-0.4, -0.2) is 92.4 Å². The first-order chi connectivity index (χ1) is 19.5. The van der Waals surface area contributed by atoms with Crippen LogP contribution in [0.5, 0.6) is 0 Å². The SMILES string of the molecule is CC(C)[C@H]1C(=O)N2CCC[C@H]2[C@]2(O)OC(NC(=O)[C@@H]3C=C4c5cccc6[nH]cc(c56)C[C@H]4N(C)C3)(C(C)C)C(=O)N12. The van der Waals surface area contributed by atoms with E-state index in [4.69, 9.17) is 4.74 Å². The summed E-state index contributed by atoms with van der Waals surface area (Å²) in [5.74, 6) is -4.36. The van der Waals surface area contributed by atoms with Crippen molar-refractivity contribution in [2.45, 2.75) is 76.7 Å². The first kappa shape index (κ1) is 26.7. The van der Waals surface area contributed by atoms with Crippen molar-refractivity contribution >= 4 is 34.2 Å². The van der Waals surface area contributed by atoms with Crippen molar-refractivity contribution in [2.24, 2.45) is 17.8 Å². The predicted octanol–water partition coefficient (Wildman–Crippen LogP) is 2.04. The van der Waals surface area contributed by atoms with Crippen molar-refractivity contribution in [1.29, 1.82) is 0 Å². The van der Waals surface area contributed by atoms with Crippen LogP contribution in [0, 0.1) is 17.8 Å². The van der Waals surface area contributed by atoms with E-state index in [1.54, 1.807) is 18.7 Å². The number of aromatic amines is 1. The highest BCUT2D eigenvalue weighted by Gasteiger charge is 2.72. The van der Waals surface area contributed by atoms with E-state index < -0.39 is 41.5 Å². The second-order valence-electron chi connectivity index (χ2n) is 13.1. The van der Waals surface area contributed by atoms with E-state index in [2.05, 4.69) is 33.5 Å². The second-order valence-corrected chi connectivity index (χ2v) is 13.1. The largest absolute Gasteiger partial charge is 0.361 e. The van der Waals surface area contributed by atoms with E-state index in [1.165, 1.54) is 15.8 Å². The summed E-state index contributed by atoms with van der Waals surface area (Å²) in [6.45, 7) is 8.32. The number of nitrogens with one attached hydrogen (secondary N) is 2. The third-order valence-electron chi connectivity index (χ3n) is 10.1. The number of ether oxygens (including phenoxy) is 1. The molecule has 0 radical (unpaired) electrons. The van der Waals surface area contributed by atoms with Gasteiger partial charge in [-0.3, -0.25) is 28.9 Å². The average Bonchev–Trinajstić information content (AvgIpc) is 3.64. The minimum atomic E-state index is -2.01. The predicted molar refractivity (Wildman–Crippen MR) is 152 cm³/mol. The molecular weight excluding hydrogens is 522 g/mol. The zero-order chi connectivity index (χ0) is 29.0. The van der Waals surface area contributed by atoms with Crippen LogP contribution in [0.3, 0.4) is 0 Å². The number of likely N-dealkylation sites (N-methyl/N-ethyl adjacent to an activating group) is 1. The Morgan fingerprint density at radius 2 is 2.00 bits per heavy atom. The number of hydrogen-bond donors (Lipinski definition) is 3. The first-order valence-electron chi connectivity index (χ1n) is 14.9. The van der Waals surface area contributed by atoms with E-state index in [9.17, 15) is 19.5 Å². The monoisotopic (exact) mass is 561 g/mol. The number of aromatic nitrogens is 1. The van der Waals surface area contributed by atoms with Gasteiger partial charge in [0.2, 0.25) is 17.5 Å². The zero-order valence-electron chi connectivity index (χ0n) is 24.3. The molecule has 2 aromatic rings. The molecule has 1 unspecified atom stereocenters. The molecule has 41 heavy (non-hydrogen) atoms. The Morgan fingerprint density at radius 1 is 1.22 bits per heavy atom. The highest BCUT2D eigenvalue weighted by atomic mass is 16.7. The van der Waals surface area contributed by atoms with Crippen molar-refractivity contribution in [2.75, 3.05) is 20.1 Å². The third-order valence-corrected chi connectivity index (χ3v) is 10.1. The lowest BCUT2D eigenvalue weighted by Gasteiger charge is -2.49. The van der Waals surface area contributed by atoms with Crippen molar-refractivity contribution in [3.63, 3.8) is 0 Å². The van der Waals surface area contributed by atoms with Gasteiger partial charge in [0.15, 0.2) is 0 Å². The lowest BCUT2D eigenvalue weighted by molar-refractivity contribution is -0.323. The van der Waals surface area contributed by atoms with Gasteiger partial charge in [-0.05, 0) is 55.0 Å². The molecule has 5 heterocycles. The molecule has 3 saturated heterocycles. The highest BCUT2D eigenvalue weighted by molar-refractivity contribution is 6.01. The summed E-state index contributed by atoms with van der Waals surface area (Å²) >= 11 is 0. The second kappa shape index (κ2) is 8.89. The van der Waals surface area contributed by atoms with Crippen molar-refractivity contribution < 1.29 is 24.2 Å². The molecule has 3 N–H and O–H groups in total. The molecule has 1 aromatic heterocycles. The number of H-pyrrole nitrogens is 1. The van der Waals surface area contributed by atoms with Crippen LogP contribution in [0.25, 0.3) is 16.5 Å². The summed E-state index contributed by atoms with van der Waals surface area (Å²) in [6, 6.07) is 4.80. The van der Waals surface area contributed by atoms with Crippen LogP contribution in [0.4, 0.5) is 0 Å². The molecule has 1 aliphatic carbocycles. The van der Waals surface area contributed by atoms with Crippen LogP contribution >= 0.6 is 0 Å². The fraction of sp³-hybridized carbons (Fsp3) is 0.581. The van der Waals surface area contributed by atoms with Gasteiger partial charge < -0.3 is 20.3 Å². The maximum absolute atomic E-state index is 14.3. The molecule has 10 heteroatoms. The van der Waals surface area contributed by atoms with Gasteiger partial charge in [-0.15, -0.1) is 0 Å². The number of aliphatic hydroxyl groups is 1. The maximum Gasteiger partial charge on any atom is 0.281 e.